The molecule has 0 radical (unpaired) electrons. The highest BCUT2D eigenvalue weighted by Gasteiger charge is 2.33. The minimum atomic E-state index is -0.839. The van der Waals surface area contributed by atoms with Crippen LogP contribution in [0, 0.1) is 5.82 Å². The van der Waals surface area contributed by atoms with Crippen LogP contribution in [0.2, 0.25) is 5.02 Å². The number of fused-ring (bicyclic) bond motifs is 2. The second-order valence-electron chi connectivity index (χ2n) is 12.3. The Hall–Kier alpha value is -6.62. The topological polar surface area (TPSA) is 121 Å². The summed E-state index contributed by atoms with van der Waals surface area (Å²) in [6.45, 7) is 0. The second-order valence-corrected chi connectivity index (χ2v) is 13.9. The molecule has 8 nitrogen and oxygen atoms in total. The van der Waals surface area contributed by atoms with Crippen molar-refractivity contribution in [2.75, 3.05) is 10.6 Å². The molecule has 0 aliphatic heterocycles. The van der Waals surface area contributed by atoms with Crippen molar-refractivity contribution in [3.05, 3.63) is 201 Å². The van der Waals surface area contributed by atoms with Crippen molar-refractivity contribution in [3.8, 4) is 0 Å². The van der Waals surface area contributed by atoms with Gasteiger partial charge in [-0.2, -0.15) is 0 Å². The molecular formula is C44H29ClFN3O5S. The summed E-state index contributed by atoms with van der Waals surface area (Å²) in [6, 6.07) is 39.5. The first-order chi connectivity index (χ1) is 26.7. The summed E-state index contributed by atoms with van der Waals surface area (Å²) in [7, 11) is 0. The van der Waals surface area contributed by atoms with Crippen molar-refractivity contribution in [1.29, 1.82) is 0 Å². The lowest BCUT2D eigenvalue weighted by Gasteiger charge is -2.22. The van der Waals surface area contributed by atoms with Crippen LogP contribution in [0.5, 0.6) is 0 Å². The second kappa shape index (κ2) is 16.2. The largest absolute Gasteiger partial charge is 0.324 e. The van der Waals surface area contributed by atoms with E-state index >= 15 is 0 Å². The fourth-order valence-electron chi connectivity index (χ4n) is 6.07. The standard InChI is InChI=1S/C44H29ClFN3O5S/c45-34-21-11-22-35(46)33(34)25-37(49-42(52)27-14-5-2-6-15-27)43(53)47-28-16-9-17-29(24-28)55-41(26-12-3-1-4-13-26)44(54)48-36-23-10-20-32-38(36)40(51)31-19-8-7-18-30(31)39(32)50/h1-25,41H,(H,47,53)(H,48,54)(H,49,52)/b37-25+. The molecule has 0 heterocycles. The molecule has 6 aromatic rings. The predicted octanol–water partition coefficient (Wildman–Crippen LogP) is 9.14. The summed E-state index contributed by atoms with van der Waals surface area (Å²) in [5, 5.41) is 7.45. The number of rotatable bonds is 10. The maximum atomic E-state index is 14.8. The molecule has 1 aliphatic rings. The van der Waals surface area contributed by atoms with Gasteiger partial charge in [-0.1, -0.05) is 109 Å². The van der Waals surface area contributed by atoms with Gasteiger partial charge < -0.3 is 16.0 Å². The van der Waals surface area contributed by atoms with Gasteiger partial charge in [-0.15, -0.1) is 11.8 Å². The van der Waals surface area contributed by atoms with Gasteiger partial charge in [0, 0.05) is 38.4 Å². The summed E-state index contributed by atoms with van der Waals surface area (Å²) in [4.78, 5) is 68.5. The van der Waals surface area contributed by atoms with E-state index in [1.54, 1.807) is 121 Å². The van der Waals surface area contributed by atoms with Gasteiger partial charge >= 0.3 is 0 Å². The van der Waals surface area contributed by atoms with Crippen molar-refractivity contribution in [2.24, 2.45) is 0 Å². The zero-order valence-corrected chi connectivity index (χ0v) is 30.3. The zero-order chi connectivity index (χ0) is 38.5. The lowest BCUT2D eigenvalue weighted by Crippen LogP contribution is -2.30. The van der Waals surface area contributed by atoms with E-state index in [0.29, 0.717) is 21.7 Å². The van der Waals surface area contributed by atoms with Crippen LogP contribution in [0.15, 0.2) is 156 Å². The van der Waals surface area contributed by atoms with E-state index in [0.717, 1.165) is 0 Å². The van der Waals surface area contributed by atoms with Crippen molar-refractivity contribution in [2.45, 2.75) is 10.1 Å². The highest BCUT2D eigenvalue weighted by molar-refractivity contribution is 8.00. The quantitative estimate of drug-likeness (QED) is 0.0944. The third-order valence-electron chi connectivity index (χ3n) is 8.71. The molecule has 55 heavy (non-hydrogen) atoms. The van der Waals surface area contributed by atoms with E-state index in [1.807, 2.05) is 6.07 Å². The normalized spacial score (nSPS) is 12.6. The van der Waals surface area contributed by atoms with Crippen LogP contribution in [-0.4, -0.2) is 29.3 Å². The van der Waals surface area contributed by atoms with E-state index in [-0.39, 0.29) is 55.8 Å². The van der Waals surface area contributed by atoms with Gasteiger partial charge in [-0.05, 0) is 60.2 Å². The van der Waals surface area contributed by atoms with Crippen LogP contribution in [0.4, 0.5) is 15.8 Å². The SMILES string of the molecule is O=C(Nc1cccc(SC(C(=O)Nc2cccc3c2C(=O)c2ccccc2C3=O)c2ccccc2)c1)/C(=C\c1c(F)cccc1Cl)NC(=O)c1ccccc1. The first-order valence-corrected chi connectivity index (χ1v) is 18.2. The molecular weight excluding hydrogens is 737 g/mol. The molecule has 7 rings (SSSR count). The third kappa shape index (κ3) is 8.01. The van der Waals surface area contributed by atoms with Crippen LogP contribution in [0.1, 0.15) is 58.6 Å². The smallest absolute Gasteiger partial charge is 0.272 e. The molecule has 0 aromatic heterocycles. The molecule has 0 saturated heterocycles. The average Bonchev–Trinajstić information content (AvgIpc) is 3.20. The van der Waals surface area contributed by atoms with Crippen LogP contribution >= 0.6 is 23.4 Å². The third-order valence-corrected chi connectivity index (χ3v) is 10.3. The predicted molar refractivity (Wildman–Crippen MR) is 212 cm³/mol. The fraction of sp³-hybridized carbons (Fsp3) is 0.0227. The molecule has 1 atom stereocenters. The molecule has 3 N–H and O–H groups in total. The number of benzene rings is 6. The molecule has 6 aromatic carbocycles. The number of hydrogen-bond acceptors (Lipinski definition) is 6. The maximum Gasteiger partial charge on any atom is 0.272 e. The number of anilines is 2. The van der Waals surface area contributed by atoms with Crippen LogP contribution in [0.25, 0.3) is 6.08 Å². The minimum Gasteiger partial charge on any atom is -0.324 e. The van der Waals surface area contributed by atoms with Gasteiger partial charge in [-0.25, -0.2) is 4.39 Å². The Bertz CT molecular complexity index is 2510. The van der Waals surface area contributed by atoms with Gasteiger partial charge in [0.15, 0.2) is 11.6 Å². The van der Waals surface area contributed by atoms with Crippen molar-refractivity contribution < 1.29 is 28.4 Å². The lowest BCUT2D eigenvalue weighted by molar-refractivity contribution is -0.116. The van der Waals surface area contributed by atoms with Crippen LogP contribution < -0.4 is 16.0 Å². The van der Waals surface area contributed by atoms with Crippen molar-refractivity contribution >= 4 is 70.1 Å². The fourth-order valence-corrected chi connectivity index (χ4v) is 7.37. The van der Waals surface area contributed by atoms with Gasteiger partial charge in [0.25, 0.3) is 11.8 Å². The number of carbonyl (C=O) groups excluding carboxylic acids is 5. The Labute approximate surface area is 324 Å². The maximum absolute atomic E-state index is 14.8. The Morgan fingerprint density at radius 3 is 2.04 bits per heavy atom. The summed E-state index contributed by atoms with van der Waals surface area (Å²) in [6.07, 6.45) is 1.17. The molecule has 1 unspecified atom stereocenters. The van der Waals surface area contributed by atoms with Crippen molar-refractivity contribution in [1.82, 2.24) is 5.32 Å². The summed E-state index contributed by atoms with van der Waals surface area (Å²) in [5.74, 6) is -3.15. The summed E-state index contributed by atoms with van der Waals surface area (Å²) >= 11 is 7.45. The number of nitrogens with one attached hydrogen (secondary N) is 3. The molecule has 11 heteroatoms. The van der Waals surface area contributed by atoms with E-state index < -0.39 is 28.8 Å². The first-order valence-electron chi connectivity index (χ1n) is 17.0. The van der Waals surface area contributed by atoms with Gasteiger partial charge in [0.2, 0.25) is 5.91 Å². The zero-order valence-electron chi connectivity index (χ0n) is 28.7. The number of hydrogen-bond donors (Lipinski definition) is 3. The van der Waals surface area contributed by atoms with Crippen molar-refractivity contribution in [3.63, 3.8) is 0 Å². The summed E-state index contributed by atoms with van der Waals surface area (Å²) in [5.41, 5.74) is 2.04. The number of ketones is 2. The molecule has 0 spiro atoms. The molecule has 0 fully saturated rings. The number of amides is 3. The van der Waals surface area contributed by atoms with E-state index in [1.165, 1.54) is 36.0 Å². The molecule has 0 bridgehead atoms. The van der Waals surface area contributed by atoms with Crippen LogP contribution in [0.3, 0.4) is 0 Å². The first kappa shape index (κ1) is 36.7. The Balaban J connectivity index is 1.15. The molecule has 270 valence electrons. The Morgan fingerprint density at radius 1 is 0.673 bits per heavy atom. The molecule has 3 amide bonds. The van der Waals surface area contributed by atoms with E-state index in [4.69, 9.17) is 11.6 Å². The van der Waals surface area contributed by atoms with E-state index in [2.05, 4.69) is 16.0 Å². The Kier molecular flexibility index (Phi) is 10.8. The van der Waals surface area contributed by atoms with Crippen LogP contribution in [-0.2, 0) is 9.59 Å². The lowest BCUT2D eigenvalue weighted by atomic mass is 9.83. The molecule has 0 saturated carbocycles. The molecule has 1 aliphatic carbocycles. The number of thioether (sulfide) groups is 1. The highest BCUT2D eigenvalue weighted by atomic mass is 35.5. The van der Waals surface area contributed by atoms with Gasteiger partial charge in [0.1, 0.15) is 16.8 Å². The highest BCUT2D eigenvalue weighted by Crippen LogP contribution is 2.39. The number of carbonyl (C=O) groups is 5. The monoisotopic (exact) mass is 765 g/mol. The van der Waals surface area contributed by atoms with Gasteiger partial charge in [0.05, 0.1) is 16.3 Å². The average molecular weight is 766 g/mol. The summed E-state index contributed by atoms with van der Waals surface area (Å²) < 4.78 is 14.8. The Morgan fingerprint density at radius 2 is 1.31 bits per heavy atom. The minimum absolute atomic E-state index is 0.0414. The van der Waals surface area contributed by atoms with E-state index in [9.17, 15) is 28.4 Å². The number of halogens is 2. The van der Waals surface area contributed by atoms with Gasteiger partial charge in [-0.3, -0.25) is 24.0 Å².